The number of aryl methyl sites for hydroxylation is 1. The third-order valence-corrected chi connectivity index (χ3v) is 4.70. The summed E-state index contributed by atoms with van der Waals surface area (Å²) in [6.07, 6.45) is 0.283. The number of nitrogens with zero attached hydrogens (tertiary/aromatic N) is 2. The van der Waals surface area contributed by atoms with Gasteiger partial charge in [0.2, 0.25) is 0 Å². The highest BCUT2D eigenvalue weighted by Gasteiger charge is 2.28. The maximum Gasteiger partial charge on any atom is 0.288 e. The van der Waals surface area contributed by atoms with Gasteiger partial charge < -0.3 is 11.5 Å². The lowest BCUT2D eigenvalue weighted by atomic mass is 10.0. The highest BCUT2D eigenvalue weighted by atomic mass is 32.2. The number of nitro groups is 1. The van der Waals surface area contributed by atoms with E-state index >= 15 is 0 Å². The summed E-state index contributed by atoms with van der Waals surface area (Å²) >= 11 is 0. The second-order valence-electron chi connectivity index (χ2n) is 4.33. The Morgan fingerprint density at radius 2 is 1.91 bits per heavy atom. The molecule has 9 nitrogen and oxygen atoms in total. The summed E-state index contributed by atoms with van der Waals surface area (Å²) in [5, 5.41) is 11.1. The minimum Gasteiger partial charge on any atom is -0.370 e. The van der Waals surface area contributed by atoms with Crippen LogP contribution in [0.5, 0.6) is 0 Å². The van der Waals surface area contributed by atoms with E-state index in [1.165, 1.54) is 6.92 Å². The predicted molar refractivity (Wildman–Crippen MR) is 80.3 cm³/mol. The molecule has 0 aromatic heterocycles. The van der Waals surface area contributed by atoms with E-state index in [1.807, 2.05) is 0 Å². The SMILES string of the molecule is CCc1cc(S(=O)(=O)CC)c([N+](=O)[O-])cc1C(=O)N=C(N)N. The first-order valence-corrected chi connectivity index (χ1v) is 7.97. The fourth-order valence-electron chi connectivity index (χ4n) is 1.83. The Labute approximate surface area is 127 Å². The first-order chi connectivity index (χ1) is 10.1. The number of hydrogen-bond donors (Lipinski definition) is 2. The van der Waals surface area contributed by atoms with Crippen LogP contribution in [-0.4, -0.2) is 31.0 Å². The molecule has 22 heavy (non-hydrogen) atoms. The number of benzene rings is 1. The van der Waals surface area contributed by atoms with Crippen molar-refractivity contribution in [1.82, 2.24) is 0 Å². The van der Waals surface area contributed by atoms with Crippen molar-refractivity contribution in [2.45, 2.75) is 25.2 Å². The highest BCUT2D eigenvalue weighted by molar-refractivity contribution is 7.91. The largest absolute Gasteiger partial charge is 0.370 e. The van der Waals surface area contributed by atoms with E-state index in [0.717, 1.165) is 12.1 Å². The average molecular weight is 328 g/mol. The van der Waals surface area contributed by atoms with Gasteiger partial charge >= 0.3 is 0 Å². The summed E-state index contributed by atoms with van der Waals surface area (Å²) in [6.45, 7) is 3.05. The normalized spacial score (nSPS) is 11.0. The number of amides is 1. The maximum absolute atomic E-state index is 12.0. The first-order valence-electron chi connectivity index (χ1n) is 6.32. The van der Waals surface area contributed by atoms with Crippen LogP contribution in [0.1, 0.15) is 29.8 Å². The molecular formula is C12H16N4O5S. The van der Waals surface area contributed by atoms with Crippen LogP contribution in [0.3, 0.4) is 0 Å². The molecule has 1 aromatic rings. The second-order valence-corrected chi connectivity index (χ2v) is 6.58. The Morgan fingerprint density at radius 3 is 2.32 bits per heavy atom. The van der Waals surface area contributed by atoms with Crippen molar-refractivity contribution >= 4 is 27.4 Å². The molecule has 120 valence electrons. The van der Waals surface area contributed by atoms with Crippen LogP contribution in [0.15, 0.2) is 22.0 Å². The Hall–Kier alpha value is -2.49. The van der Waals surface area contributed by atoms with Crippen molar-refractivity contribution in [2.75, 3.05) is 5.75 Å². The van der Waals surface area contributed by atoms with Crippen molar-refractivity contribution in [2.24, 2.45) is 16.5 Å². The number of sulfone groups is 1. The standard InChI is InChI=1S/C12H16N4O5S/c1-3-7-5-10(22(20,21)4-2)9(16(18)19)6-8(7)11(17)15-12(13)14/h5-6H,3-4H2,1-2H3,(H4,13,14,15,17). The highest BCUT2D eigenvalue weighted by Crippen LogP contribution is 2.29. The van der Waals surface area contributed by atoms with Crippen LogP contribution in [0.4, 0.5) is 5.69 Å². The van der Waals surface area contributed by atoms with Gasteiger partial charge in [0.1, 0.15) is 4.90 Å². The quantitative estimate of drug-likeness (QED) is 0.341. The molecule has 0 aliphatic rings. The lowest BCUT2D eigenvalue weighted by molar-refractivity contribution is -0.387. The molecule has 0 aliphatic carbocycles. The first kappa shape index (κ1) is 17.6. The molecule has 0 unspecified atom stereocenters. The van der Waals surface area contributed by atoms with E-state index in [-0.39, 0.29) is 17.7 Å². The molecule has 0 atom stereocenters. The van der Waals surface area contributed by atoms with Gasteiger partial charge in [-0.05, 0) is 18.1 Å². The molecule has 10 heteroatoms. The number of nitrogens with two attached hydrogens (primary N) is 2. The van der Waals surface area contributed by atoms with Crippen LogP contribution in [-0.2, 0) is 16.3 Å². The Bertz CT molecular complexity index is 751. The van der Waals surface area contributed by atoms with Gasteiger partial charge in [-0.15, -0.1) is 0 Å². The van der Waals surface area contributed by atoms with E-state index in [1.54, 1.807) is 6.92 Å². The molecular weight excluding hydrogens is 312 g/mol. The minimum absolute atomic E-state index is 0.0994. The van der Waals surface area contributed by atoms with E-state index in [4.69, 9.17) is 11.5 Å². The average Bonchev–Trinajstić information content (AvgIpc) is 2.44. The number of nitro benzene ring substituents is 1. The van der Waals surface area contributed by atoms with E-state index in [0.29, 0.717) is 5.56 Å². The number of rotatable bonds is 5. The van der Waals surface area contributed by atoms with Crippen LogP contribution in [0.25, 0.3) is 0 Å². The van der Waals surface area contributed by atoms with Gasteiger partial charge in [-0.2, -0.15) is 4.99 Å². The lowest BCUT2D eigenvalue weighted by Crippen LogP contribution is -2.24. The molecule has 4 N–H and O–H groups in total. The molecule has 0 heterocycles. The van der Waals surface area contributed by atoms with Gasteiger partial charge in [0.25, 0.3) is 11.6 Å². The van der Waals surface area contributed by atoms with Crippen LogP contribution >= 0.6 is 0 Å². The van der Waals surface area contributed by atoms with Crippen molar-refractivity contribution in [3.8, 4) is 0 Å². The topological polar surface area (TPSA) is 159 Å². The monoisotopic (exact) mass is 328 g/mol. The molecule has 0 radical (unpaired) electrons. The smallest absolute Gasteiger partial charge is 0.288 e. The third-order valence-electron chi connectivity index (χ3n) is 2.94. The van der Waals surface area contributed by atoms with Crippen LogP contribution < -0.4 is 11.5 Å². The predicted octanol–water partition coefficient (Wildman–Crippen LogP) is 0.364. The number of hydrogen-bond acceptors (Lipinski definition) is 5. The summed E-state index contributed by atoms with van der Waals surface area (Å²) in [4.78, 5) is 25.1. The molecule has 1 amide bonds. The van der Waals surface area contributed by atoms with E-state index in [2.05, 4.69) is 4.99 Å². The minimum atomic E-state index is -3.81. The lowest BCUT2D eigenvalue weighted by Gasteiger charge is -2.09. The zero-order valence-corrected chi connectivity index (χ0v) is 12.9. The zero-order valence-electron chi connectivity index (χ0n) is 12.1. The zero-order chi connectivity index (χ0) is 17.1. The third kappa shape index (κ3) is 3.58. The Morgan fingerprint density at radius 1 is 1.32 bits per heavy atom. The molecule has 0 spiro atoms. The fraction of sp³-hybridized carbons (Fsp3) is 0.333. The van der Waals surface area contributed by atoms with Crippen molar-refractivity contribution < 1.29 is 18.1 Å². The van der Waals surface area contributed by atoms with Gasteiger partial charge in [-0.3, -0.25) is 14.9 Å². The number of aliphatic imine (C=N–C) groups is 1. The maximum atomic E-state index is 12.0. The molecule has 1 rings (SSSR count). The second kappa shape index (κ2) is 6.52. The summed E-state index contributed by atoms with van der Waals surface area (Å²) in [5.41, 5.74) is 9.78. The number of guanidine groups is 1. The van der Waals surface area contributed by atoms with E-state index in [9.17, 15) is 23.3 Å². The van der Waals surface area contributed by atoms with E-state index < -0.39 is 37.2 Å². The Balaban J connectivity index is 3.72. The molecule has 0 saturated heterocycles. The van der Waals surface area contributed by atoms with Crippen molar-refractivity contribution in [3.05, 3.63) is 33.4 Å². The van der Waals surface area contributed by atoms with Crippen molar-refractivity contribution in [3.63, 3.8) is 0 Å². The van der Waals surface area contributed by atoms with Gasteiger partial charge in [0, 0.05) is 6.07 Å². The molecule has 0 fully saturated rings. The molecule has 0 aliphatic heterocycles. The summed E-state index contributed by atoms with van der Waals surface area (Å²) in [7, 11) is -3.81. The fourth-order valence-corrected chi connectivity index (χ4v) is 2.91. The van der Waals surface area contributed by atoms with Gasteiger partial charge in [0.15, 0.2) is 15.8 Å². The van der Waals surface area contributed by atoms with Crippen LogP contribution in [0.2, 0.25) is 0 Å². The number of carbonyl (C=O) groups is 1. The van der Waals surface area contributed by atoms with Gasteiger partial charge in [-0.25, -0.2) is 8.42 Å². The number of carbonyl (C=O) groups excluding carboxylic acids is 1. The molecule has 0 bridgehead atoms. The van der Waals surface area contributed by atoms with Gasteiger partial charge in [0.05, 0.1) is 16.2 Å². The summed E-state index contributed by atoms with van der Waals surface area (Å²) < 4.78 is 24.0. The summed E-state index contributed by atoms with van der Waals surface area (Å²) in [6, 6.07) is 2.03. The molecule has 1 aromatic carbocycles. The van der Waals surface area contributed by atoms with Gasteiger partial charge in [-0.1, -0.05) is 13.8 Å². The van der Waals surface area contributed by atoms with Crippen LogP contribution in [0, 0.1) is 10.1 Å². The summed E-state index contributed by atoms with van der Waals surface area (Å²) in [5.74, 6) is -1.64. The van der Waals surface area contributed by atoms with Crippen molar-refractivity contribution in [1.29, 1.82) is 0 Å². The Kier molecular flexibility index (Phi) is 5.20. The molecule has 0 saturated carbocycles.